The highest BCUT2D eigenvalue weighted by Gasteiger charge is 1.97. The van der Waals surface area contributed by atoms with Crippen molar-refractivity contribution in [3.63, 3.8) is 0 Å². The predicted molar refractivity (Wildman–Crippen MR) is 73.0 cm³/mol. The van der Waals surface area contributed by atoms with Gasteiger partial charge in [-0.3, -0.25) is 0 Å². The second-order valence-corrected chi connectivity index (χ2v) is 4.62. The average molecular weight is 301 g/mol. The Morgan fingerprint density at radius 3 is 2.11 bits per heavy atom. The van der Waals surface area contributed by atoms with Crippen LogP contribution in [0.1, 0.15) is 11.1 Å². The Morgan fingerprint density at radius 1 is 0.889 bits per heavy atom. The SMILES string of the molecule is C[n+]1ccc(/C=C/c2ccc(Cl)c(Cl)c2)cc1.[Cl-]. The first-order chi connectivity index (χ1) is 8.15. The smallest absolute Gasteiger partial charge is 0.169 e. The van der Waals surface area contributed by atoms with Crippen LogP contribution in [0.15, 0.2) is 42.7 Å². The maximum atomic E-state index is 5.95. The molecule has 94 valence electrons. The molecule has 1 heterocycles. The normalized spacial score (nSPS) is 10.4. The van der Waals surface area contributed by atoms with Crippen LogP contribution in [0.5, 0.6) is 0 Å². The van der Waals surface area contributed by atoms with Gasteiger partial charge in [0.05, 0.1) is 10.0 Å². The summed E-state index contributed by atoms with van der Waals surface area (Å²) >= 11 is 11.8. The minimum atomic E-state index is 0. The lowest BCUT2D eigenvalue weighted by atomic mass is 10.1. The number of halogens is 3. The molecule has 0 aliphatic carbocycles. The van der Waals surface area contributed by atoms with E-state index in [-0.39, 0.29) is 12.4 Å². The van der Waals surface area contributed by atoms with Gasteiger partial charge < -0.3 is 12.4 Å². The Kier molecular flexibility index (Phi) is 5.67. The number of hydrogen-bond acceptors (Lipinski definition) is 0. The van der Waals surface area contributed by atoms with Gasteiger partial charge in [-0.15, -0.1) is 0 Å². The zero-order valence-electron chi connectivity index (χ0n) is 9.78. The van der Waals surface area contributed by atoms with Gasteiger partial charge >= 0.3 is 0 Å². The number of hydrogen-bond donors (Lipinski definition) is 0. The fourth-order valence-electron chi connectivity index (χ4n) is 1.43. The van der Waals surface area contributed by atoms with Crippen LogP contribution in [0.4, 0.5) is 0 Å². The third-order valence-electron chi connectivity index (χ3n) is 2.42. The molecule has 0 saturated carbocycles. The van der Waals surface area contributed by atoms with Crippen LogP contribution in [0.2, 0.25) is 10.0 Å². The molecule has 4 heteroatoms. The molecule has 2 aromatic rings. The molecule has 0 fully saturated rings. The zero-order valence-corrected chi connectivity index (χ0v) is 12.0. The number of pyridine rings is 1. The van der Waals surface area contributed by atoms with Crippen LogP contribution >= 0.6 is 23.2 Å². The maximum Gasteiger partial charge on any atom is 0.169 e. The molecule has 1 aromatic heterocycles. The molecule has 1 nitrogen and oxygen atoms in total. The van der Waals surface area contributed by atoms with E-state index in [4.69, 9.17) is 23.2 Å². The highest BCUT2D eigenvalue weighted by molar-refractivity contribution is 6.42. The van der Waals surface area contributed by atoms with Crippen molar-refractivity contribution in [2.75, 3.05) is 0 Å². The molecule has 0 saturated heterocycles. The molecule has 0 amide bonds. The Hall–Kier alpha value is -1.02. The largest absolute Gasteiger partial charge is 1.00 e. The molecule has 0 aliphatic rings. The van der Waals surface area contributed by atoms with Crippen molar-refractivity contribution in [3.8, 4) is 0 Å². The summed E-state index contributed by atoms with van der Waals surface area (Å²) < 4.78 is 2.00. The number of aromatic nitrogens is 1. The lowest BCUT2D eigenvalue weighted by Crippen LogP contribution is -3.00. The van der Waals surface area contributed by atoms with Crippen molar-refractivity contribution in [1.82, 2.24) is 0 Å². The lowest BCUT2D eigenvalue weighted by Gasteiger charge is -1.97. The van der Waals surface area contributed by atoms with Gasteiger partial charge in [-0.25, -0.2) is 4.57 Å². The van der Waals surface area contributed by atoms with Crippen LogP contribution in [0.3, 0.4) is 0 Å². The van der Waals surface area contributed by atoms with Crippen LogP contribution in [-0.4, -0.2) is 0 Å². The van der Waals surface area contributed by atoms with Crippen molar-refractivity contribution in [1.29, 1.82) is 0 Å². The predicted octanol–water partition coefficient (Wildman–Crippen LogP) is 0.992. The molecule has 0 aliphatic heterocycles. The molecular formula is C14H12Cl3N. The van der Waals surface area contributed by atoms with Crippen LogP contribution in [-0.2, 0) is 7.05 Å². The van der Waals surface area contributed by atoms with E-state index in [1.807, 2.05) is 60.4 Å². The van der Waals surface area contributed by atoms with Crippen molar-refractivity contribution in [2.24, 2.45) is 7.05 Å². The standard InChI is InChI=1S/C14H12Cl2N.ClH/c1-17-8-6-11(7-9-17)2-3-12-4-5-13(15)14(16)10-12;/h2-10H,1H3;1H/q+1;/p-1/b3-2+;. The first kappa shape index (κ1) is 15.0. The number of benzene rings is 1. The van der Waals surface area contributed by atoms with E-state index >= 15 is 0 Å². The third kappa shape index (κ3) is 4.02. The van der Waals surface area contributed by atoms with E-state index < -0.39 is 0 Å². The molecular weight excluding hydrogens is 289 g/mol. The van der Waals surface area contributed by atoms with Crippen molar-refractivity contribution in [3.05, 3.63) is 63.9 Å². The fraction of sp³-hybridized carbons (Fsp3) is 0.0714. The van der Waals surface area contributed by atoms with Gasteiger partial charge in [0.25, 0.3) is 0 Å². The highest BCUT2D eigenvalue weighted by Crippen LogP contribution is 2.23. The molecule has 0 spiro atoms. The van der Waals surface area contributed by atoms with Gasteiger partial charge in [-0.05, 0) is 23.3 Å². The van der Waals surface area contributed by atoms with E-state index in [0.717, 1.165) is 11.1 Å². The second kappa shape index (κ2) is 6.79. The Morgan fingerprint density at radius 2 is 1.50 bits per heavy atom. The third-order valence-corrected chi connectivity index (χ3v) is 3.16. The number of rotatable bonds is 2. The molecule has 0 N–H and O–H groups in total. The Bertz CT molecular complexity index is 547. The molecule has 2 rings (SSSR count). The summed E-state index contributed by atoms with van der Waals surface area (Å²) in [5, 5.41) is 1.16. The van der Waals surface area contributed by atoms with E-state index in [2.05, 4.69) is 0 Å². The average Bonchev–Trinajstić information content (AvgIpc) is 2.33. The topological polar surface area (TPSA) is 3.88 Å². The van der Waals surface area contributed by atoms with Crippen molar-refractivity contribution < 1.29 is 17.0 Å². The van der Waals surface area contributed by atoms with Gasteiger partial charge in [0.1, 0.15) is 7.05 Å². The summed E-state index contributed by atoms with van der Waals surface area (Å²) in [6, 6.07) is 9.69. The first-order valence-corrected chi connectivity index (χ1v) is 5.99. The minimum absolute atomic E-state index is 0. The molecule has 0 radical (unpaired) electrons. The van der Waals surface area contributed by atoms with Crippen molar-refractivity contribution in [2.45, 2.75) is 0 Å². The summed E-state index contributed by atoms with van der Waals surface area (Å²) in [4.78, 5) is 0. The fourth-order valence-corrected chi connectivity index (χ4v) is 1.74. The van der Waals surface area contributed by atoms with Gasteiger partial charge in [-0.2, -0.15) is 0 Å². The van der Waals surface area contributed by atoms with Gasteiger partial charge in [-0.1, -0.05) is 41.4 Å². The quantitative estimate of drug-likeness (QED) is 0.729. The Balaban J connectivity index is 0.00000162. The van der Waals surface area contributed by atoms with E-state index in [0.29, 0.717) is 10.0 Å². The lowest BCUT2D eigenvalue weighted by molar-refractivity contribution is -0.671. The van der Waals surface area contributed by atoms with Crippen LogP contribution < -0.4 is 17.0 Å². The highest BCUT2D eigenvalue weighted by atomic mass is 35.5. The summed E-state index contributed by atoms with van der Waals surface area (Å²) in [5.74, 6) is 0. The van der Waals surface area contributed by atoms with Gasteiger partial charge in [0.15, 0.2) is 12.4 Å². The van der Waals surface area contributed by atoms with E-state index in [1.54, 1.807) is 6.07 Å². The van der Waals surface area contributed by atoms with Gasteiger partial charge in [0.2, 0.25) is 0 Å². The molecule has 0 bridgehead atoms. The zero-order chi connectivity index (χ0) is 12.3. The molecule has 18 heavy (non-hydrogen) atoms. The summed E-state index contributed by atoms with van der Waals surface area (Å²) in [6.45, 7) is 0. The van der Waals surface area contributed by atoms with Crippen LogP contribution in [0.25, 0.3) is 12.2 Å². The first-order valence-electron chi connectivity index (χ1n) is 5.23. The monoisotopic (exact) mass is 299 g/mol. The Labute approximate surface area is 123 Å². The van der Waals surface area contributed by atoms with E-state index in [1.165, 1.54) is 0 Å². The van der Waals surface area contributed by atoms with Crippen molar-refractivity contribution >= 4 is 35.4 Å². The maximum absolute atomic E-state index is 5.95. The summed E-state index contributed by atoms with van der Waals surface area (Å²) in [6.07, 6.45) is 8.07. The number of nitrogens with zero attached hydrogens (tertiary/aromatic N) is 1. The second-order valence-electron chi connectivity index (χ2n) is 3.80. The van der Waals surface area contributed by atoms with Crippen LogP contribution in [0, 0.1) is 0 Å². The minimum Gasteiger partial charge on any atom is -1.00 e. The molecule has 0 unspecified atom stereocenters. The number of aryl methyl sites for hydroxylation is 1. The van der Waals surface area contributed by atoms with Gasteiger partial charge in [0, 0.05) is 12.1 Å². The molecule has 0 atom stereocenters. The summed E-state index contributed by atoms with van der Waals surface area (Å²) in [7, 11) is 1.99. The molecule has 1 aromatic carbocycles. The summed E-state index contributed by atoms with van der Waals surface area (Å²) in [5.41, 5.74) is 2.18. The van der Waals surface area contributed by atoms with E-state index in [9.17, 15) is 0 Å².